The van der Waals surface area contributed by atoms with Crippen molar-refractivity contribution in [1.29, 1.82) is 0 Å². The van der Waals surface area contributed by atoms with Gasteiger partial charge < -0.3 is 15.0 Å². The van der Waals surface area contributed by atoms with Crippen LogP contribution in [0.3, 0.4) is 0 Å². The molecule has 0 radical (unpaired) electrons. The third kappa shape index (κ3) is 2.48. The number of ether oxygens (including phenoxy) is 1. The highest BCUT2D eigenvalue weighted by molar-refractivity contribution is 7.98. The van der Waals surface area contributed by atoms with E-state index in [1.807, 2.05) is 0 Å². The van der Waals surface area contributed by atoms with E-state index in [1.54, 1.807) is 18.9 Å². The Bertz CT molecular complexity index is 360. The molecule has 0 bridgehead atoms. The minimum Gasteiger partial charge on any atom is -0.370 e. The van der Waals surface area contributed by atoms with Crippen molar-refractivity contribution >= 4 is 11.8 Å². The standard InChI is InChI=1S/C11H19N3O2S/c1-15-11(5-3-6-11)10-13-9(16-14-10)8(12)4-7-17-2/h8H,3-7,12H2,1-2H3/t8-/m0/s1. The topological polar surface area (TPSA) is 74.2 Å². The number of rotatable bonds is 6. The number of hydrogen-bond acceptors (Lipinski definition) is 6. The van der Waals surface area contributed by atoms with E-state index in [4.69, 9.17) is 15.0 Å². The number of methoxy groups -OCH3 is 1. The van der Waals surface area contributed by atoms with Crippen LogP contribution in [-0.4, -0.2) is 29.3 Å². The van der Waals surface area contributed by atoms with E-state index in [1.165, 1.54) is 0 Å². The summed E-state index contributed by atoms with van der Waals surface area (Å²) in [4.78, 5) is 4.39. The molecule has 96 valence electrons. The van der Waals surface area contributed by atoms with Gasteiger partial charge in [-0.05, 0) is 37.7 Å². The van der Waals surface area contributed by atoms with Crippen molar-refractivity contribution in [2.45, 2.75) is 37.3 Å². The van der Waals surface area contributed by atoms with E-state index in [-0.39, 0.29) is 11.6 Å². The fourth-order valence-electron chi connectivity index (χ4n) is 1.96. The lowest BCUT2D eigenvalue weighted by Crippen LogP contribution is -2.37. The van der Waals surface area contributed by atoms with Crippen LogP contribution in [0.5, 0.6) is 0 Å². The highest BCUT2D eigenvalue weighted by Gasteiger charge is 2.43. The van der Waals surface area contributed by atoms with Gasteiger partial charge in [-0.1, -0.05) is 5.16 Å². The van der Waals surface area contributed by atoms with Crippen LogP contribution in [0.1, 0.15) is 43.4 Å². The summed E-state index contributed by atoms with van der Waals surface area (Å²) in [5.74, 6) is 2.17. The van der Waals surface area contributed by atoms with Gasteiger partial charge in [-0.3, -0.25) is 0 Å². The lowest BCUT2D eigenvalue weighted by molar-refractivity contribution is -0.0858. The SMILES string of the molecule is COC1(c2noc([C@@H](N)CCSC)n2)CCC1. The molecular weight excluding hydrogens is 238 g/mol. The summed E-state index contributed by atoms with van der Waals surface area (Å²) in [6, 6.07) is -0.169. The largest absolute Gasteiger partial charge is 0.370 e. The first-order chi connectivity index (χ1) is 8.22. The molecule has 1 aliphatic rings. The lowest BCUT2D eigenvalue weighted by Gasteiger charge is -2.37. The summed E-state index contributed by atoms with van der Waals surface area (Å²) in [6.07, 6.45) is 5.98. The Balaban J connectivity index is 2.05. The summed E-state index contributed by atoms with van der Waals surface area (Å²) < 4.78 is 10.7. The van der Waals surface area contributed by atoms with Crippen molar-refractivity contribution in [2.75, 3.05) is 19.1 Å². The Kier molecular flexibility index (Phi) is 4.06. The van der Waals surface area contributed by atoms with Crippen molar-refractivity contribution < 1.29 is 9.26 Å². The molecule has 5 nitrogen and oxygen atoms in total. The first-order valence-corrected chi connectivity index (χ1v) is 7.25. The van der Waals surface area contributed by atoms with Crippen molar-refractivity contribution in [3.63, 3.8) is 0 Å². The predicted octanol–water partition coefficient (Wildman–Crippen LogP) is 1.85. The fraction of sp³-hybridized carbons (Fsp3) is 0.818. The summed E-state index contributed by atoms with van der Waals surface area (Å²) in [5.41, 5.74) is 5.67. The molecule has 1 fully saturated rings. The smallest absolute Gasteiger partial charge is 0.243 e. The van der Waals surface area contributed by atoms with Gasteiger partial charge in [0.05, 0.1) is 6.04 Å². The molecule has 2 N–H and O–H groups in total. The molecule has 0 spiro atoms. The highest BCUT2D eigenvalue weighted by atomic mass is 32.2. The molecule has 6 heteroatoms. The van der Waals surface area contributed by atoms with Crippen molar-refractivity contribution in [2.24, 2.45) is 5.73 Å². The van der Waals surface area contributed by atoms with Gasteiger partial charge in [-0.2, -0.15) is 16.7 Å². The van der Waals surface area contributed by atoms with Crippen LogP contribution in [0.2, 0.25) is 0 Å². The maximum absolute atomic E-state index is 5.99. The predicted molar refractivity (Wildman–Crippen MR) is 66.8 cm³/mol. The van der Waals surface area contributed by atoms with Gasteiger partial charge in [0.15, 0.2) is 0 Å². The molecule has 0 aromatic carbocycles. The molecule has 1 aromatic heterocycles. The van der Waals surface area contributed by atoms with Crippen molar-refractivity contribution in [3.05, 3.63) is 11.7 Å². The van der Waals surface area contributed by atoms with Crippen LogP contribution in [-0.2, 0) is 10.3 Å². The van der Waals surface area contributed by atoms with Gasteiger partial charge in [-0.15, -0.1) is 0 Å². The third-order valence-electron chi connectivity index (χ3n) is 3.35. The van der Waals surface area contributed by atoms with Gasteiger partial charge in [-0.25, -0.2) is 0 Å². The van der Waals surface area contributed by atoms with Crippen LogP contribution < -0.4 is 5.73 Å². The second-order valence-electron chi connectivity index (χ2n) is 4.40. The normalized spacial score (nSPS) is 19.9. The van der Waals surface area contributed by atoms with Gasteiger partial charge in [0.1, 0.15) is 5.60 Å². The second-order valence-corrected chi connectivity index (χ2v) is 5.38. The summed E-state index contributed by atoms with van der Waals surface area (Å²) in [6.45, 7) is 0. The third-order valence-corrected chi connectivity index (χ3v) is 4.00. The Hall–Kier alpha value is -0.590. The maximum atomic E-state index is 5.99. The number of thioether (sulfide) groups is 1. The molecule has 0 saturated heterocycles. The average Bonchev–Trinajstić information content (AvgIpc) is 2.75. The van der Waals surface area contributed by atoms with Gasteiger partial charge in [0.25, 0.3) is 0 Å². The minimum absolute atomic E-state index is 0.169. The highest BCUT2D eigenvalue weighted by Crippen LogP contribution is 2.42. The zero-order valence-corrected chi connectivity index (χ0v) is 11.1. The van der Waals surface area contributed by atoms with E-state index >= 15 is 0 Å². The van der Waals surface area contributed by atoms with E-state index < -0.39 is 0 Å². The van der Waals surface area contributed by atoms with Gasteiger partial charge in [0, 0.05) is 7.11 Å². The molecule has 17 heavy (non-hydrogen) atoms. The van der Waals surface area contributed by atoms with Gasteiger partial charge >= 0.3 is 0 Å². The van der Waals surface area contributed by atoms with E-state index in [0.29, 0.717) is 11.7 Å². The van der Waals surface area contributed by atoms with Crippen molar-refractivity contribution in [3.8, 4) is 0 Å². The van der Waals surface area contributed by atoms with Crippen LogP contribution in [0, 0.1) is 0 Å². The molecule has 1 aliphatic carbocycles. The van der Waals surface area contributed by atoms with E-state index in [2.05, 4.69) is 16.4 Å². The Morgan fingerprint density at radius 3 is 2.88 bits per heavy atom. The summed E-state index contributed by atoms with van der Waals surface area (Å²) in [5, 5.41) is 4.01. The molecule has 1 heterocycles. The number of hydrogen-bond donors (Lipinski definition) is 1. The lowest BCUT2D eigenvalue weighted by atomic mass is 9.79. The quantitative estimate of drug-likeness (QED) is 0.838. The molecule has 0 amide bonds. The van der Waals surface area contributed by atoms with E-state index in [0.717, 1.165) is 31.4 Å². The Morgan fingerprint density at radius 2 is 2.35 bits per heavy atom. The molecule has 0 aliphatic heterocycles. The summed E-state index contributed by atoms with van der Waals surface area (Å²) >= 11 is 1.76. The molecule has 1 atom stereocenters. The molecule has 1 aromatic rings. The zero-order chi connectivity index (χ0) is 12.3. The number of nitrogens with zero attached hydrogens (tertiary/aromatic N) is 2. The molecule has 0 unspecified atom stereocenters. The molecule has 2 rings (SSSR count). The van der Waals surface area contributed by atoms with Crippen molar-refractivity contribution in [1.82, 2.24) is 10.1 Å². The Labute approximate surface area is 105 Å². The minimum atomic E-state index is -0.318. The first-order valence-electron chi connectivity index (χ1n) is 5.85. The fourth-order valence-corrected chi connectivity index (χ4v) is 2.45. The van der Waals surface area contributed by atoms with Gasteiger partial charge in [0.2, 0.25) is 11.7 Å². The maximum Gasteiger partial charge on any atom is 0.243 e. The molecule has 1 saturated carbocycles. The zero-order valence-electron chi connectivity index (χ0n) is 10.3. The van der Waals surface area contributed by atoms with Crippen LogP contribution in [0.15, 0.2) is 4.52 Å². The van der Waals surface area contributed by atoms with Crippen LogP contribution in [0.25, 0.3) is 0 Å². The number of nitrogens with two attached hydrogens (primary N) is 1. The summed E-state index contributed by atoms with van der Waals surface area (Å²) in [7, 11) is 1.70. The first kappa shape index (κ1) is 12.9. The second kappa shape index (κ2) is 5.37. The van der Waals surface area contributed by atoms with Crippen LogP contribution >= 0.6 is 11.8 Å². The Morgan fingerprint density at radius 1 is 1.59 bits per heavy atom. The van der Waals surface area contributed by atoms with E-state index in [9.17, 15) is 0 Å². The average molecular weight is 257 g/mol. The monoisotopic (exact) mass is 257 g/mol. The molecular formula is C11H19N3O2S. The van der Waals surface area contributed by atoms with Crippen LogP contribution in [0.4, 0.5) is 0 Å². The number of aromatic nitrogens is 2.